The molecule has 0 unspecified atom stereocenters. The van der Waals surface area contributed by atoms with Gasteiger partial charge in [0.25, 0.3) is 0 Å². The Labute approximate surface area is 154 Å². The van der Waals surface area contributed by atoms with Crippen LogP contribution in [0.4, 0.5) is 0 Å². The van der Waals surface area contributed by atoms with E-state index in [2.05, 4.69) is 14.9 Å². The van der Waals surface area contributed by atoms with Crippen molar-refractivity contribution in [1.82, 2.24) is 19.2 Å². The highest BCUT2D eigenvalue weighted by Gasteiger charge is 2.29. The van der Waals surface area contributed by atoms with E-state index in [-0.39, 0.29) is 17.6 Å². The summed E-state index contributed by atoms with van der Waals surface area (Å²) >= 11 is 0. The first-order valence-corrected chi connectivity index (χ1v) is 10.7. The smallest absolute Gasteiger partial charge is 0.223 e. The lowest BCUT2D eigenvalue weighted by atomic mass is 9.97. The zero-order valence-electron chi connectivity index (χ0n) is 15.3. The highest BCUT2D eigenvalue weighted by Crippen LogP contribution is 2.20. The van der Waals surface area contributed by atoms with Gasteiger partial charge >= 0.3 is 0 Å². The third-order valence-electron chi connectivity index (χ3n) is 5.06. The summed E-state index contributed by atoms with van der Waals surface area (Å²) in [7, 11) is -3.15. The van der Waals surface area contributed by atoms with E-state index in [1.807, 2.05) is 31.2 Å². The highest BCUT2D eigenvalue weighted by molar-refractivity contribution is 7.89. The number of rotatable bonds is 6. The van der Waals surface area contributed by atoms with Crippen molar-refractivity contribution in [1.29, 1.82) is 0 Å². The lowest BCUT2D eigenvalue weighted by Gasteiger charge is -2.30. The molecule has 142 valence electrons. The van der Waals surface area contributed by atoms with Crippen molar-refractivity contribution in [2.45, 2.75) is 33.2 Å². The number of nitrogens with one attached hydrogen (secondary N) is 1. The van der Waals surface area contributed by atoms with Crippen LogP contribution in [-0.4, -0.2) is 53.6 Å². The van der Waals surface area contributed by atoms with Crippen LogP contribution in [0.2, 0.25) is 0 Å². The fourth-order valence-corrected chi connectivity index (χ4v) is 4.62. The minimum absolute atomic E-state index is 0.0145. The van der Waals surface area contributed by atoms with Crippen LogP contribution in [0, 0.1) is 12.8 Å². The van der Waals surface area contributed by atoms with E-state index in [0.717, 1.165) is 16.9 Å². The molecule has 0 spiro atoms. The molecule has 1 N–H and O–H groups in total. The summed E-state index contributed by atoms with van der Waals surface area (Å²) in [6, 6.07) is 7.96. The number of carbonyl (C=O) groups is 1. The van der Waals surface area contributed by atoms with Gasteiger partial charge in [0.15, 0.2) is 0 Å². The van der Waals surface area contributed by atoms with Crippen molar-refractivity contribution in [2.75, 3.05) is 25.4 Å². The molecule has 2 heterocycles. The Hall–Kier alpha value is -1.93. The first-order chi connectivity index (χ1) is 12.4. The molecule has 3 rings (SSSR count). The number of piperidine rings is 1. The normalized spacial score (nSPS) is 16.8. The fraction of sp³-hybridized carbons (Fsp3) is 0.556. The van der Waals surface area contributed by atoms with Crippen LogP contribution in [0.3, 0.4) is 0 Å². The first kappa shape index (κ1) is 18.8. The van der Waals surface area contributed by atoms with Gasteiger partial charge in [0.1, 0.15) is 5.82 Å². The van der Waals surface area contributed by atoms with E-state index in [0.29, 0.717) is 39.0 Å². The van der Waals surface area contributed by atoms with Crippen molar-refractivity contribution < 1.29 is 13.2 Å². The van der Waals surface area contributed by atoms with Crippen LogP contribution in [-0.2, 0) is 21.4 Å². The Morgan fingerprint density at radius 2 is 1.96 bits per heavy atom. The molecule has 2 aromatic rings. The van der Waals surface area contributed by atoms with Crippen LogP contribution in [0.1, 0.15) is 25.6 Å². The zero-order chi connectivity index (χ0) is 18.7. The summed E-state index contributed by atoms with van der Waals surface area (Å²) in [4.78, 5) is 16.9. The number of aromatic nitrogens is 2. The van der Waals surface area contributed by atoms with Gasteiger partial charge in [0.2, 0.25) is 15.9 Å². The number of nitrogens with zero attached hydrogens (tertiary/aromatic N) is 3. The van der Waals surface area contributed by atoms with Gasteiger partial charge in [-0.1, -0.05) is 12.1 Å². The number of para-hydroxylation sites is 2. The van der Waals surface area contributed by atoms with Gasteiger partial charge in [0, 0.05) is 32.1 Å². The van der Waals surface area contributed by atoms with E-state index in [1.165, 1.54) is 4.31 Å². The summed E-state index contributed by atoms with van der Waals surface area (Å²) < 4.78 is 27.4. The molecule has 8 heteroatoms. The molecule has 7 nitrogen and oxygen atoms in total. The average Bonchev–Trinajstić information content (AvgIpc) is 2.97. The van der Waals surface area contributed by atoms with Gasteiger partial charge in [-0.3, -0.25) is 4.79 Å². The quantitative estimate of drug-likeness (QED) is 0.826. The summed E-state index contributed by atoms with van der Waals surface area (Å²) in [6.07, 6.45) is 1.16. The van der Waals surface area contributed by atoms with E-state index in [4.69, 9.17) is 0 Å². The number of benzene rings is 1. The number of carbonyl (C=O) groups excluding carboxylic acids is 1. The SMILES string of the molecule is CCS(=O)(=O)N1CCC(C(=O)NCCn2c(C)nc3ccccc32)CC1. The van der Waals surface area contributed by atoms with Gasteiger partial charge in [0.05, 0.1) is 16.8 Å². The number of hydrogen-bond donors (Lipinski definition) is 1. The number of amides is 1. The summed E-state index contributed by atoms with van der Waals surface area (Å²) in [5.41, 5.74) is 2.03. The van der Waals surface area contributed by atoms with Crippen molar-refractivity contribution in [3.8, 4) is 0 Å². The van der Waals surface area contributed by atoms with Crippen LogP contribution in [0.25, 0.3) is 11.0 Å². The fourth-order valence-electron chi connectivity index (χ4n) is 3.49. The monoisotopic (exact) mass is 378 g/mol. The van der Waals surface area contributed by atoms with E-state index < -0.39 is 10.0 Å². The molecule has 0 saturated carbocycles. The second-order valence-corrected chi connectivity index (χ2v) is 8.92. The third-order valence-corrected chi connectivity index (χ3v) is 6.94. The second kappa shape index (κ2) is 7.75. The standard InChI is InChI=1S/C18H26N4O3S/c1-3-26(24,25)21-11-8-15(9-12-21)18(23)19-10-13-22-14(2)20-16-6-4-5-7-17(16)22/h4-7,15H,3,8-13H2,1-2H3,(H,19,23). The molecule has 0 radical (unpaired) electrons. The van der Waals surface area contributed by atoms with Crippen LogP contribution in [0.15, 0.2) is 24.3 Å². The van der Waals surface area contributed by atoms with Crippen molar-refractivity contribution in [3.63, 3.8) is 0 Å². The Kier molecular flexibility index (Phi) is 5.62. The molecule has 1 aromatic heterocycles. The largest absolute Gasteiger partial charge is 0.354 e. The first-order valence-electron chi connectivity index (χ1n) is 9.09. The Morgan fingerprint density at radius 1 is 1.27 bits per heavy atom. The molecular formula is C18H26N4O3S. The molecule has 26 heavy (non-hydrogen) atoms. The van der Waals surface area contributed by atoms with Crippen LogP contribution in [0.5, 0.6) is 0 Å². The van der Waals surface area contributed by atoms with Crippen molar-refractivity contribution in [2.24, 2.45) is 5.92 Å². The number of hydrogen-bond acceptors (Lipinski definition) is 4. The predicted molar refractivity (Wildman–Crippen MR) is 101 cm³/mol. The minimum Gasteiger partial charge on any atom is -0.354 e. The Balaban J connectivity index is 1.51. The van der Waals surface area contributed by atoms with Gasteiger partial charge < -0.3 is 9.88 Å². The van der Waals surface area contributed by atoms with Gasteiger partial charge in [-0.05, 0) is 38.8 Å². The molecule has 0 bridgehead atoms. The number of fused-ring (bicyclic) bond motifs is 1. The van der Waals surface area contributed by atoms with Crippen LogP contribution < -0.4 is 5.32 Å². The molecule has 0 atom stereocenters. The maximum atomic E-state index is 12.4. The van der Waals surface area contributed by atoms with Crippen molar-refractivity contribution in [3.05, 3.63) is 30.1 Å². The molecule has 1 amide bonds. The molecule has 0 aliphatic carbocycles. The molecule has 1 aliphatic rings. The molecule has 1 saturated heterocycles. The topological polar surface area (TPSA) is 84.3 Å². The highest BCUT2D eigenvalue weighted by atomic mass is 32.2. The van der Waals surface area contributed by atoms with Crippen molar-refractivity contribution >= 4 is 27.0 Å². The predicted octanol–water partition coefficient (Wildman–Crippen LogP) is 1.52. The Morgan fingerprint density at radius 3 is 2.65 bits per heavy atom. The lowest BCUT2D eigenvalue weighted by molar-refractivity contribution is -0.126. The second-order valence-electron chi connectivity index (χ2n) is 6.66. The molecule has 1 aliphatic heterocycles. The minimum atomic E-state index is -3.15. The number of imidazole rings is 1. The van der Waals surface area contributed by atoms with E-state index in [1.54, 1.807) is 6.92 Å². The lowest BCUT2D eigenvalue weighted by Crippen LogP contribution is -2.43. The van der Waals surface area contributed by atoms with Crippen LogP contribution >= 0.6 is 0 Å². The maximum Gasteiger partial charge on any atom is 0.223 e. The number of aryl methyl sites for hydroxylation is 1. The summed E-state index contributed by atoms with van der Waals surface area (Å²) in [5.74, 6) is 0.945. The van der Waals surface area contributed by atoms with Gasteiger partial charge in [-0.25, -0.2) is 17.7 Å². The molecule has 1 aromatic carbocycles. The molecule has 1 fully saturated rings. The number of sulfonamides is 1. The van der Waals surface area contributed by atoms with E-state index >= 15 is 0 Å². The zero-order valence-corrected chi connectivity index (χ0v) is 16.1. The average molecular weight is 378 g/mol. The summed E-state index contributed by atoms with van der Waals surface area (Å²) in [5, 5.41) is 2.99. The maximum absolute atomic E-state index is 12.4. The van der Waals surface area contributed by atoms with E-state index in [9.17, 15) is 13.2 Å². The van der Waals surface area contributed by atoms with Gasteiger partial charge in [-0.2, -0.15) is 0 Å². The molecular weight excluding hydrogens is 352 g/mol. The third kappa shape index (κ3) is 3.91. The summed E-state index contributed by atoms with van der Waals surface area (Å²) in [6.45, 7) is 5.68. The Bertz CT molecular complexity index is 883. The van der Waals surface area contributed by atoms with Gasteiger partial charge in [-0.15, -0.1) is 0 Å².